The summed E-state index contributed by atoms with van der Waals surface area (Å²) in [5.41, 5.74) is 12.1. The smallest absolute Gasteiger partial charge is 0.217 e. The van der Waals surface area contributed by atoms with Crippen molar-refractivity contribution in [1.82, 2.24) is 0 Å². The van der Waals surface area contributed by atoms with Crippen LogP contribution in [0.2, 0.25) is 0 Å². The fourth-order valence-corrected chi connectivity index (χ4v) is 9.62. The number of hydrogen-bond acceptors (Lipinski definition) is 4. The Morgan fingerprint density at radius 2 is 1.84 bits per heavy atom. The van der Waals surface area contributed by atoms with E-state index in [1.807, 2.05) is 0 Å². The molecule has 0 aromatic carbocycles. The highest BCUT2D eigenvalue weighted by Gasteiger charge is 2.68. The lowest BCUT2D eigenvalue weighted by molar-refractivity contribution is -0.219. The van der Waals surface area contributed by atoms with Crippen molar-refractivity contribution in [2.45, 2.75) is 110 Å². The molecule has 0 aromatic rings. The molecule has 0 bridgehead atoms. The highest BCUT2D eigenvalue weighted by Crippen LogP contribution is 2.69. The second-order valence-corrected chi connectivity index (χ2v) is 12.3. The second-order valence-electron chi connectivity index (χ2n) is 12.3. The number of carbonyl (C=O) groups excluding carboxylic acids is 1. The van der Waals surface area contributed by atoms with Crippen molar-refractivity contribution in [2.24, 2.45) is 57.8 Å². The molecule has 0 saturated heterocycles. The van der Waals surface area contributed by atoms with Crippen LogP contribution in [0.1, 0.15) is 91.9 Å². The standard InChI is InChI=1S/C26H46N2O3/c1-5-26(28)12-6-7-16-13-20(29)23-18-10-9-17(15(2)8-11-22(27)31)24(18,3)21(30)14-19(23)25(16,26)4/h15-21,23,29-30H,5-14,28H2,1-4H3,(H2,27,31). The number of hydrogen-bond donors (Lipinski definition) is 4. The molecule has 0 aliphatic heterocycles. The average Bonchev–Trinajstić information content (AvgIpc) is 3.07. The van der Waals surface area contributed by atoms with Gasteiger partial charge in [0.2, 0.25) is 5.91 Å². The number of aliphatic hydroxyl groups is 2. The molecule has 4 saturated carbocycles. The normalized spacial score (nSPS) is 52.7. The topological polar surface area (TPSA) is 110 Å². The maximum absolute atomic E-state index is 11.7. The minimum absolute atomic E-state index is 0.0259. The van der Waals surface area contributed by atoms with E-state index in [2.05, 4.69) is 27.7 Å². The van der Waals surface area contributed by atoms with Gasteiger partial charge in [0.05, 0.1) is 12.2 Å². The molecule has 11 unspecified atom stereocenters. The lowest BCUT2D eigenvalue weighted by Gasteiger charge is -2.67. The lowest BCUT2D eigenvalue weighted by atomic mass is 9.39. The number of aliphatic hydroxyl groups excluding tert-OH is 2. The number of primary amides is 1. The highest BCUT2D eigenvalue weighted by molar-refractivity contribution is 5.73. The summed E-state index contributed by atoms with van der Waals surface area (Å²) in [6, 6.07) is 0. The number of rotatable bonds is 5. The molecule has 0 spiro atoms. The number of fused-ring (bicyclic) bond motifs is 5. The minimum atomic E-state index is -0.381. The summed E-state index contributed by atoms with van der Waals surface area (Å²) in [5.74, 6) is 1.73. The van der Waals surface area contributed by atoms with Crippen LogP contribution in [0.15, 0.2) is 0 Å². The van der Waals surface area contributed by atoms with Crippen molar-refractivity contribution in [3.05, 3.63) is 0 Å². The van der Waals surface area contributed by atoms with Gasteiger partial charge in [-0.15, -0.1) is 0 Å². The molecule has 5 heteroatoms. The third-order valence-electron chi connectivity index (χ3n) is 11.5. The molecule has 4 fully saturated rings. The summed E-state index contributed by atoms with van der Waals surface area (Å²) in [5, 5.41) is 23.2. The van der Waals surface area contributed by atoms with E-state index in [1.54, 1.807) is 0 Å². The molecule has 5 nitrogen and oxygen atoms in total. The molecule has 1 amide bonds. The zero-order chi connectivity index (χ0) is 22.8. The van der Waals surface area contributed by atoms with Gasteiger partial charge in [0.1, 0.15) is 0 Å². The van der Waals surface area contributed by atoms with E-state index in [9.17, 15) is 15.0 Å². The van der Waals surface area contributed by atoms with Crippen LogP contribution in [0.4, 0.5) is 0 Å². The van der Waals surface area contributed by atoms with Crippen LogP contribution in [0, 0.1) is 46.3 Å². The van der Waals surface area contributed by atoms with E-state index < -0.39 is 0 Å². The molecule has 0 heterocycles. The van der Waals surface area contributed by atoms with Crippen LogP contribution in [-0.4, -0.2) is 33.9 Å². The van der Waals surface area contributed by atoms with Crippen LogP contribution in [0.3, 0.4) is 0 Å². The first kappa shape index (κ1) is 23.5. The maximum atomic E-state index is 11.7. The van der Waals surface area contributed by atoms with Crippen molar-refractivity contribution in [3.63, 3.8) is 0 Å². The van der Waals surface area contributed by atoms with Gasteiger partial charge in [-0.05, 0) is 97.7 Å². The zero-order valence-corrected chi connectivity index (χ0v) is 20.1. The molecular weight excluding hydrogens is 388 g/mol. The Morgan fingerprint density at radius 3 is 2.48 bits per heavy atom. The van der Waals surface area contributed by atoms with Crippen LogP contribution in [0.25, 0.3) is 0 Å². The summed E-state index contributed by atoms with van der Waals surface area (Å²) in [4.78, 5) is 11.4. The Kier molecular flexibility index (Phi) is 6.06. The molecular formula is C26H46N2O3. The first-order valence-electron chi connectivity index (χ1n) is 12.9. The Hall–Kier alpha value is -0.650. The van der Waals surface area contributed by atoms with Crippen molar-refractivity contribution >= 4 is 5.91 Å². The fraction of sp³-hybridized carbons (Fsp3) is 0.962. The summed E-state index contributed by atoms with van der Waals surface area (Å²) >= 11 is 0. The second kappa shape index (κ2) is 7.99. The summed E-state index contributed by atoms with van der Waals surface area (Å²) in [7, 11) is 0. The predicted molar refractivity (Wildman–Crippen MR) is 123 cm³/mol. The van der Waals surface area contributed by atoms with E-state index in [0.29, 0.717) is 30.1 Å². The minimum Gasteiger partial charge on any atom is -0.393 e. The molecule has 31 heavy (non-hydrogen) atoms. The van der Waals surface area contributed by atoms with Gasteiger partial charge in [0, 0.05) is 12.0 Å². The van der Waals surface area contributed by atoms with Crippen LogP contribution >= 0.6 is 0 Å². The largest absolute Gasteiger partial charge is 0.393 e. The van der Waals surface area contributed by atoms with E-state index >= 15 is 0 Å². The first-order valence-corrected chi connectivity index (χ1v) is 12.9. The number of nitrogens with two attached hydrogens (primary N) is 2. The summed E-state index contributed by atoms with van der Waals surface area (Å²) in [6.45, 7) is 9.12. The van der Waals surface area contributed by atoms with E-state index in [1.165, 1.54) is 0 Å². The van der Waals surface area contributed by atoms with Crippen LogP contribution in [0.5, 0.6) is 0 Å². The van der Waals surface area contributed by atoms with Gasteiger partial charge in [-0.3, -0.25) is 4.79 Å². The molecule has 178 valence electrons. The van der Waals surface area contributed by atoms with Gasteiger partial charge >= 0.3 is 0 Å². The van der Waals surface area contributed by atoms with Gasteiger partial charge in [-0.1, -0.05) is 34.1 Å². The molecule has 4 aliphatic carbocycles. The summed E-state index contributed by atoms with van der Waals surface area (Å²) < 4.78 is 0. The van der Waals surface area contributed by atoms with Crippen molar-refractivity contribution in [3.8, 4) is 0 Å². The zero-order valence-electron chi connectivity index (χ0n) is 20.1. The van der Waals surface area contributed by atoms with Gasteiger partial charge in [-0.2, -0.15) is 0 Å². The Morgan fingerprint density at radius 1 is 1.13 bits per heavy atom. The summed E-state index contributed by atoms with van der Waals surface area (Å²) in [6.07, 6.45) is 8.58. The lowest BCUT2D eigenvalue weighted by Crippen LogP contribution is -2.70. The van der Waals surface area contributed by atoms with Crippen molar-refractivity contribution in [1.29, 1.82) is 0 Å². The molecule has 0 radical (unpaired) electrons. The highest BCUT2D eigenvalue weighted by atomic mass is 16.3. The third-order valence-corrected chi connectivity index (χ3v) is 11.5. The predicted octanol–water partition coefficient (Wildman–Crippen LogP) is 3.60. The molecule has 6 N–H and O–H groups in total. The Bertz CT molecular complexity index is 700. The fourth-order valence-electron chi connectivity index (χ4n) is 9.62. The third kappa shape index (κ3) is 3.24. The van der Waals surface area contributed by atoms with Crippen molar-refractivity contribution in [2.75, 3.05) is 0 Å². The van der Waals surface area contributed by atoms with E-state index in [4.69, 9.17) is 11.5 Å². The first-order chi connectivity index (χ1) is 14.5. The monoisotopic (exact) mass is 434 g/mol. The number of amides is 1. The molecule has 4 rings (SSSR count). The molecule has 0 aromatic heterocycles. The quantitative estimate of drug-likeness (QED) is 0.530. The molecule has 11 atom stereocenters. The Labute approximate surface area is 188 Å². The van der Waals surface area contributed by atoms with Gasteiger partial charge < -0.3 is 21.7 Å². The maximum Gasteiger partial charge on any atom is 0.217 e. The van der Waals surface area contributed by atoms with Crippen molar-refractivity contribution < 1.29 is 15.0 Å². The van der Waals surface area contributed by atoms with Crippen LogP contribution in [-0.2, 0) is 4.79 Å². The van der Waals surface area contributed by atoms with E-state index in [0.717, 1.165) is 57.8 Å². The molecule has 4 aliphatic rings. The average molecular weight is 435 g/mol. The van der Waals surface area contributed by atoms with Crippen LogP contribution < -0.4 is 11.5 Å². The number of carbonyl (C=O) groups is 1. The van der Waals surface area contributed by atoms with Gasteiger partial charge in [-0.25, -0.2) is 0 Å². The SMILES string of the molecule is CCC1(N)CCCC2CC(O)C3C4CCC(C(C)CCC(N)=O)C4(C)C(O)CC3C21C. The van der Waals surface area contributed by atoms with Gasteiger partial charge in [0.25, 0.3) is 0 Å². The van der Waals surface area contributed by atoms with E-state index in [-0.39, 0.29) is 46.3 Å². The van der Waals surface area contributed by atoms with Gasteiger partial charge in [0.15, 0.2) is 0 Å². The Balaban J connectivity index is 1.68.